The van der Waals surface area contributed by atoms with Gasteiger partial charge >= 0.3 is 5.80 Å². The van der Waals surface area contributed by atoms with E-state index in [9.17, 15) is 17.6 Å². The number of hydrogen-bond acceptors (Lipinski definition) is 0. The van der Waals surface area contributed by atoms with Crippen LogP contribution in [-0.4, -0.2) is 82.5 Å². The van der Waals surface area contributed by atoms with Crippen LogP contribution in [0.15, 0.2) is 0 Å². The molecule has 5 unspecified atom stereocenters. The van der Waals surface area contributed by atoms with Gasteiger partial charge in [-0.2, -0.15) is 13.2 Å². The van der Waals surface area contributed by atoms with Gasteiger partial charge in [-0.3, -0.25) is 4.39 Å². The molecular weight excluding hydrogens is 489 g/mol. The zero-order chi connectivity index (χ0) is 19.4. The van der Waals surface area contributed by atoms with Gasteiger partial charge in [0.1, 0.15) is 6.63 Å². The summed E-state index contributed by atoms with van der Waals surface area (Å²) in [5.41, 5.74) is 0. The third kappa shape index (κ3) is 1.22. The first-order valence-electron chi connectivity index (χ1n) is 9.19. The van der Waals surface area contributed by atoms with Crippen LogP contribution < -0.4 is 0 Å². The van der Waals surface area contributed by atoms with Gasteiger partial charge in [-0.05, 0) is 0 Å². The lowest BCUT2D eigenvalue weighted by atomic mass is 11.5. The molecule has 0 aromatic carbocycles. The van der Waals surface area contributed by atoms with Crippen LogP contribution in [0.2, 0.25) is 58.9 Å². The average Bonchev–Trinajstić information content (AvgIpc) is 2.50. The Balaban J connectivity index is 2.02. The summed E-state index contributed by atoms with van der Waals surface area (Å²) in [5, 5.41) is 0. The normalized spacial score (nSPS) is 56.5. The number of halogens is 4. The molecular formula is C11H29F4Si10. The first-order valence-corrected chi connectivity index (χ1v) is 45.4. The van der Waals surface area contributed by atoms with E-state index in [1.54, 1.807) is 0 Å². The fourth-order valence-electron chi connectivity index (χ4n) is 9.24. The van der Waals surface area contributed by atoms with E-state index in [0.29, 0.717) is 0 Å². The standard InChI is InChI=1S/C11H29F4Si10/c1-16-19(3,4)22(8)21(7)18(24(16,22)10-12)25(11(13,14)15)17(2)20(5,6)23(21,25)9/h10H2,1-9H3. The fraction of sp³-hybridized carbons (Fsp3) is 1.00. The molecule has 0 nitrogen and oxygen atoms in total. The molecule has 4 saturated heterocycles. The van der Waals surface area contributed by atoms with E-state index < -0.39 is 76.2 Å². The topological polar surface area (TPSA) is 0 Å². The van der Waals surface area contributed by atoms with Crippen molar-refractivity contribution in [1.29, 1.82) is 0 Å². The van der Waals surface area contributed by atoms with Crippen molar-refractivity contribution in [3.05, 3.63) is 0 Å². The first kappa shape index (κ1) is 20.2. The highest BCUT2D eigenvalue weighted by atomic mass is 30.9. The zero-order valence-corrected chi connectivity index (χ0v) is 26.7. The van der Waals surface area contributed by atoms with Crippen molar-refractivity contribution in [3.63, 3.8) is 0 Å². The molecule has 0 spiro atoms. The van der Waals surface area contributed by atoms with Crippen LogP contribution in [-0.2, 0) is 0 Å². The molecule has 4 heterocycles. The average molecular weight is 518 g/mol. The summed E-state index contributed by atoms with van der Waals surface area (Å²) in [5.74, 6) is -3.84. The minimum Gasteiger partial charge on any atom is -0.256 e. The lowest BCUT2D eigenvalue weighted by molar-refractivity contribution is -0.0490. The van der Waals surface area contributed by atoms with E-state index in [1.165, 1.54) is 0 Å². The van der Waals surface area contributed by atoms with Crippen LogP contribution in [0.3, 0.4) is 0 Å². The van der Waals surface area contributed by atoms with Crippen LogP contribution in [0.4, 0.5) is 17.6 Å². The monoisotopic (exact) mass is 517 g/mol. The fourth-order valence-corrected chi connectivity index (χ4v) is 821. The molecule has 0 N–H and O–H groups in total. The highest BCUT2D eigenvalue weighted by molar-refractivity contribution is 8.65. The van der Waals surface area contributed by atoms with Gasteiger partial charge in [0.2, 0.25) is 0 Å². The Morgan fingerprint density at radius 2 is 1.20 bits per heavy atom. The molecule has 3 radical (unpaired) electrons. The highest BCUT2D eigenvalue weighted by Crippen LogP contribution is 2.77. The maximum Gasteiger partial charge on any atom is 0.353 e. The van der Waals surface area contributed by atoms with Crippen molar-refractivity contribution in [2.75, 3.05) is 6.30 Å². The van der Waals surface area contributed by atoms with E-state index in [2.05, 4.69) is 58.9 Å². The van der Waals surface area contributed by atoms with Crippen molar-refractivity contribution in [1.82, 2.24) is 0 Å². The van der Waals surface area contributed by atoms with Gasteiger partial charge in [0.25, 0.3) is 0 Å². The number of hydrogen-bond donors (Lipinski definition) is 0. The second kappa shape index (κ2) is 4.47. The molecule has 141 valence electrons. The Morgan fingerprint density at radius 1 is 0.760 bits per heavy atom. The van der Waals surface area contributed by atoms with Gasteiger partial charge in [0, 0.05) is 57.1 Å². The van der Waals surface area contributed by atoms with Crippen LogP contribution in [0.25, 0.3) is 0 Å². The van der Waals surface area contributed by atoms with E-state index in [-0.39, 0.29) is 6.30 Å². The van der Waals surface area contributed by atoms with Gasteiger partial charge in [0.05, 0.1) is 12.9 Å². The van der Waals surface area contributed by atoms with Crippen LogP contribution in [0.5, 0.6) is 0 Å². The predicted molar refractivity (Wildman–Crippen MR) is 122 cm³/mol. The molecule has 4 rings (SSSR count). The molecule has 4 aliphatic heterocycles. The van der Waals surface area contributed by atoms with Crippen molar-refractivity contribution in [2.45, 2.75) is 64.7 Å². The van der Waals surface area contributed by atoms with Gasteiger partial charge in [-0.15, -0.1) is 0 Å². The maximum absolute atomic E-state index is 14.9. The smallest absolute Gasteiger partial charge is 0.256 e. The van der Waals surface area contributed by atoms with Gasteiger partial charge in [0.15, 0.2) is 0 Å². The van der Waals surface area contributed by atoms with E-state index in [1.807, 2.05) is 0 Å². The van der Waals surface area contributed by atoms with Crippen molar-refractivity contribution < 1.29 is 17.6 Å². The van der Waals surface area contributed by atoms with Gasteiger partial charge in [-0.25, -0.2) is 0 Å². The molecule has 0 aliphatic carbocycles. The lowest BCUT2D eigenvalue weighted by Crippen LogP contribution is -3.40. The van der Waals surface area contributed by atoms with Crippen LogP contribution in [0.1, 0.15) is 0 Å². The second-order valence-corrected chi connectivity index (χ2v) is 134. The van der Waals surface area contributed by atoms with Gasteiger partial charge in [-0.1, -0.05) is 58.9 Å². The summed E-state index contributed by atoms with van der Waals surface area (Å²) in [6.07, 6.45) is -0.180. The first-order chi connectivity index (χ1) is 11.0. The largest absolute Gasteiger partial charge is 0.353 e. The summed E-state index contributed by atoms with van der Waals surface area (Å²) in [6, 6.07) is 0. The summed E-state index contributed by atoms with van der Waals surface area (Å²) < 4.78 is 59.4. The van der Waals surface area contributed by atoms with Gasteiger partial charge < -0.3 is 0 Å². The second-order valence-electron chi connectivity index (χ2n) is 10.5. The molecule has 14 heteroatoms. The Hall–Kier alpha value is 1.89. The molecule has 0 bridgehead atoms. The molecule has 25 heavy (non-hydrogen) atoms. The molecule has 0 saturated carbocycles. The molecule has 5 atom stereocenters. The Morgan fingerprint density at radius 3 is 1.60 bits per heavy atom. The summed E-state index contributed by atoms with van der Waals surface area (Å²) >= 11 is 0. The minimum atomic E-state index is -3.84. The van der Waals surface area contributed by atoms with E-state index in [4.69, 9.17) is 0 Å². The number of alkyl halides is 4. The summed E-state index contributed by atoms with van der Waals surface area (Å²) in [6.45, 7) is 11.2. The molecule has 0 amide bonds. The SMILES string of the molecule is C[Si]1[Si](C)(C)[Si]2(C)[Si]1(CF)[Si]1[Si]3(C(F)(F)F)[Si](C)[Si](C)(C)[Si]3(C)[Si]12C. The summed E-state index contributed by atoms with van der Waals surface area (Å²) in [7, 11) is -6.16. The highest BCUT2D eigenvalue weighted by Gasteiger charge is 3.13. The maximum atomic E-state index is 14.9. The Labute approximate surface area is 158 Å². The van der Waals surface area contributed by atoms with E-state index in [0.717, 1.165) is 0 Å². The molecule has 0 aromatic heterocycles. The summed E-state index contributed by atoms with van der Waals surface area (Å²) in [4.78, 5) is 0. The number of fused-ring (bicyclic) bond motifs is 7. The van der Waals surface area contributed by atoms with Crippen molar-refractivity contribution in [2.24, 2.45) is 0 Å². The van der Waals surface area contributed by atoms with Crippen LogP contribution in [0, 0.1) is 0 Å². The van der Waals surface area contributed by atoms with E-state index >= 15 is 0 Å². The molecule has 4 aliphatic rings. The number of rotatable bonds is 1. The molecule has 4 fully saturated rings. The van der Waals surface area contributed by atoms with Crippen molar-refractivity contribution in [3.8, 4) is 0 Å². The van der Waals surface area contributed by atoms with Crippen LogP contribution >= 0.6 is 0 Å². The Bertz CT molecular complexity index is 699. The third-order valence-corrected chi connectivity index (χ3v) is 361. The lowest BCUT2D eigenvalue weighted by Gasteiger charge is -3.02. The molecule has 0 aromatic rings. The zero-order valence-electron chi connectivity index (χ0n) is 16.7. The minimum absolute atomic E-state index is 0.180. The third-order valence-electron chi connectivity index (χ3n) is 11.1. The quantitative estimate of drug-likeness (QED) is 0.370. The predicted octanol–water partition coefficient (Wildman–Crippen LogP) is 2.96. The Kier molecular flexibility index (Phi) is 3.61. The van der Waals surface area contributed by atoms with Crippen molar-refractivity contribution >= 4 is 70.4 Å².